The molecule has 2 aliphatic rings. The van der Waals surface area contributed by atoms with Crippen molar-refractivity contribution in [3.05, 3.63) is 72.7 Å². The summed E-state index contributed by atoms with van der Waals surface area (Å²) in [4.78, 5) is 48.5. The third-order valence-electron chi connectivity index (χ3n) is 9.32. The molecule has 0 saturated heterocycles. The Hall–Kier alpha value is -2.95. The van der Waals surface area contributed by atoms with Gasteiger partial charge in [-0.3, -0.25) is 14.2 Å². The Kier molecular flexibility index (Phi) is 9.04. The van der Waals surface area contributed by atoms with E-state index in [9.17, 15) is 14.4 Å². The van der Waals surface area contributed by atoms with Crippen molar-refractivity contribution in [3.63, 3.8) is 0 Å². The van der Waals surface area contributed by atoms with Crippen LogP contribution in [0.15, 0.2) is 40.3 Å². The van der Waals surface area contributed by atoms with E-state index in [1.54, 1.807) is 22.8 Å². The highest BCUT2D eigenvalue weighted by molar-refractivity contribution is 7.99. The van der Waals surface area contributed by atoms with E-state index in [1.807, 2.05) is 30.3 Å². The smallest absolute Gasteiger partial charge is 0.341 e. The summed E-state index contributed by atoms with van der Waals surface area (Å²) in [6.07, 6.45) is 6.82. The van der Waals surface area contributed by atoms with E-state index in [-0.39, 0.29) is 35.2 Å². The lowest BCUT2D eigenvalue weighted by Crippen LogP contribution is -2.29. The fraction of sp³-hybridized carbons (Fsp3) is 0.471. The largest absolute Gasteiger partial charge is 0.462 e. The zero-order valence-electron chi connectivity index (χ0n) is 25.8. The number of carbonyl (C=O) groups excluding carboxylic acids is 2. The summed E-state index contributed by atoms with van der Waals surface area (Å²) in [6, 6.07) is 9.90. The number of hydrogen-bond acceptors (Lipinski definition) is 8. The number of fused-ring (bicyclic) bond motifs is 4. The predicted molar refractivity (Wildman–Crippen MR) is 181 cm³/mol. The number of aromatic nitrogens is 2. The number of carbonyl (C=O) groups is 2. The van der Waals surface area contributed by atoms with Gasteiger partial charge in [-0.15, -0.1) is 22.7 Å². The molecular weight excluding hydrogens is 611 g/mol. The van der Waals surface area contributed by atoms with Crippen molar-refractivity contribution in [2.45, 2.75) is 84.3 Å². The molecule has 0 bridgehead atoms. The first-order chi connectivity index (χ1) is 21.2. The van der Waals surface area contributed by atoms with Crippen molar-refractivity contribution in [2.75, 3.05) is 17.7 Å². The lowest BCUT2D eigenvalue weighted by Gasteiger charge is -2.36. The summed E-state index contributed by atoms with van der Waals surface area (Å²) in [7, 11) is 0. The second kappa shape index (κ2) is 12.8. The second-order valence-corrected chi connectivity index (χ2v) is 15.5. The quantitative estimate of drug-likeness (QED) is 0.109. The Bertz CT molecular complexity index is 1770. The topological polar surface area (TPSA) is 90.3 Å². The van der Waals surface area contributed by atoms with Gasteiger partial charge < -0.3 is 10.1 Å². The summed E-state index contributed by atoms with van der Waals surface area (Å²) < 4.78 is 7.05. The number of amides is 1. The number of esters is 1. The molecular formula is C34H39N3O4S3. The molecule has 232 valence electrons. The van der Waals surface area contributed by atoms with Gasteiger partial charge in [-0.25, -0.2) is 9.78 Å². The van der Waals surface area contributed by atoms with Crippen molar-refractivity contribution < 1.29 is 14.3 Å². The molecule has 3 heterocycles. The van der Waals surface area contributed by atoms with Crippen LogP contribution in [-0.4, -0.2) is 33.8 Å². The number of thioether (sulfide) groups is 1. The first kappa shape index (κ1) is 31.0. The van der Waals surface area contributed by atoms with Gasteiger partial charge in [0.15, 0.2) is 5.16 Å². The minimum absolute atomic E-state index is 0.0354. The predicted octanol–water partition coefficient (Wildman–Crippen LogP) is 7.51. The molecule has 1 amide bonds. The molecule has 7 nitrogen and oxygen atoms in total. The van der Waals surface area contributed by atoms with Gasteiger partial charge in [-0.2, -0.15) is 0 Å². The summed E-state index contributed by atoms with van der Waals surface area (Å²) in [6.45, 7) is 9.40. The Labute approximate surface area is 270 Å². The Balaban J connectivity index is 1.30. The molecule has 0 spiro atoms. The molecule has 10 heteroatoms. The highest BCUT2D eigenvalue weighted by Crippen LogP contribution is 2.44. The number of aryl methyl sites for hydroxylation is 2. The molecule has 4 aromatic rings. The number of thiophene rings is 2. The highest BCUT2D eigenvalue weighted by atomic mass is 32.2. The number of nitrogens with one attached hydrogen (secondary N) is 1. The number of hydrogen-bond donors (Lipinski definition) is 1. The van der Waals surface area contributed by atoms with E-state index in [0.29, 0.717) is 28.2 Å². The number of nitrogens with zero attached hydrogens (tertiary/aromatic N) is 2. The fourth-order valence-electron chi connectivity index (χ4n) is 6.42. The molecule has 0 aliphatic heterocycles. The van der Waals surface area contributed by atoms with E-state index in [2.05, 4.69) is 26.1 Å². The average molecular weight is 650 g/mol. The van der Waals surface area contributed by atoms with Crippen LogP contribution in [0.2, 0.25) is 0 Å². The first-order valence-corrected chi connectivity index (χ1v) is 18.1. The SMILES string of the molecule is CCOC(=O)c1c(NC(=O)CSc2nc3sc4c(c3c(=O)n2Cc2ccccc2)CCC(C(C)(C)CC)C4)sc2c1CCC2. The molecule has 0 saturated carbocycles. The van der Waals surface area contributed by atoms with Crippen LogP contribution in [0.1, 0.15) is 83.8 Å². The standard InChI is InChI=1S/C34H39N3O4S3/c1-5-34(3,4)21-15-16-23-25(17-21)44-29-27(23)31(39)37(18-20-11-8-7-9-12-20)33(36-29)42-19-26(38)35-30-28(32(40)41-6-2)22-13-10-14-24(22)43-30/h7-9,11-12,21H,5-6,10,13-19H2,1-4H3,(H,35,38). The van der Waals surface area contributed by atoms with Gasteiger partial charge >= 0.3 is 5.97 Å². The van der Waals surface area contributed by atoms with Gasteiger partial charge in [0.2, 0.25) is 5.91 Å². The summed E-state index contributed by atoms with van der Waals surface area (Å²) in [5.74, 6) is 0.0199. The lowest BCUT2D eigenvalue weighted by atomic mass is 9.70. The van der Waals surface area contributed by atoms with Crippen LogP contribution in [0.25, 0.3) is 10.2 Å². The van der Waals surface area contributed by atoms with Gasteiger partial charge in [0.05, 0.1) is 29.9 Å². The third-order valence-corrected chi connectivity index (χ3v) is 12.7. The maximum atomic E-state index is 14.2. The van der Waals surface area contributed by atoms with Gasteiger partial charge in [0.25, 0.3) is 5.56 Å². The van der Waals surface area contributed by atoms with Crippen molar-refractivity contribution in [3.8, 4) is 0 Å². The van der Waals surface area contributed by atoms with Crippen molar-refractivity contribution in [1.82, 2.24) is 9.55 Å². The summed E-state index contributed by atoms with van der Waals surface area (Å²) >= 11 is 4.38. The van der Waals surface area contributed by atoms with Crippen LogP contribution in [0, 0.1) is 11.3 Å². The average Bonchev–Trinajstić information content (AvgIpc) is 3.70. The third kappa shape index (κ3) is 6.00. The van der Waals surface area contributed by atoms with Crippen LogP contribution in [-0.2, 0) is 41.8 Å². The Morgan fingerprint density at radius 2 is 1.89 bits per heavy atom. The summed E-state index contributed by atoms with van der Waals surface area (Å²) in [5, 5.41) is 4.81. The Morgan fingerprint density at radius 3 is 2.64 bits per heavy atom. The molecule has 0 radical (unpaired) electrons. The molecule has 1 N–H and O–H groups in total. The van der Waals surface area contributed by atoms with Gasteiger partial charge in [-0.05, 0) is 73.5 Å². The van der Waals surface area contributed by atoms with E-state index < -0.39 is 0 Å². The maximum absolute atomic E-state index is 14.2. The summed E-state index contributed by atoms with van der Waals surface area (Å²) in [5.41, 5.74) is 3.89. The number of ether oxygens (including phenoxy) is 1. The molecule has 0 fully saturated rings. The van der Waals surface area contributed by atoms with Crippen LogP contribution in [0.4, 0.5) is 5.00 Å². The van der Waals surface area contributed by atoms with Crippen molar-refractivity contribution in [1.29, 1.82) is 0 Å². The minimum atomic E-state index is -0.384. The van der Waals surface area contributed by atoms with E-state index in [4.69, 9.17) is 9.72 Å². The minimum Gasteiger partial charge on any atom is -0.462 e. The van der Waals surface area contributed by atoms with Gasteiger partial charge in [-0.1, -0.05) is 69.3 Å². The highest BCUT2D eigenvalue weighted by Gasteiger charge is 2.34. The monoisotopic (exact) mass is 649 g/mol. The molecule has 44 heavy (non-hydrogen) atoms. The maximum Gasteiger partial charge on any atom is 0.341 e. The number of anilines is 1. The zero-order valence-corrected chi connectivity index (χ0v) is 28.2. The van der Waals surface area contributed by atoms with Gasteiger partial charge in [0, 0.05) is 9.75 Å². The van der Waals surface area contributed by atoms with Crippen molar-refractivity contribution >= 4 is 61.5 Å². The first-order valence-electron chi connectivity index (χ1n) is 15.5. The second-order valence-electron chi connectivity index (χ2n) is 12.4. The van der Waals surface area contributed by atoms with Crippen LogP contribution in [0.3, 0.4) is 0 Å². The fourth-order valence-corrected chi connectivity index (χ4v) is 9.85. The van der Waals surface area contributed by atoms with Crippen molar-refractivity contribution in [2.24, 2.45) is 11.3 Å². The van der Waals surface area contributed by atoms with Crippen LogP contribution in [0.5, 0.6) is 0 Å². The number of benzene rings is 1. The molecule has 1 atom stereocenters. The number of rotatable bonds is 10. The lowest BCUT2D eigenvalue weighted by molar-refractivity contribution is -0.113. The normalized spacial score (nSPS) is 16.1. The van der Waals surface area contributed by atoms with Gasteiger partial charge in [0.1, 0.15) is 9.83 Å². The molecule has 1 unspecified atom stereocenters. The van der Waals surface area contributed by atoms with Crippen LogP contribution >= 0.6 is 34.4 Å². The van der Waals surface area contributed by atoms with E-state index in [1.165, 1.54) is 33.5 Å². The zero-order chi connectivity index (χ0) is 31.0. The molecule has 3 aromatic heterocycles. The van der Waals surface area contributed by atoms with Crippen LogP contribution < -0.4 is 10.9 Å². The molecule has 1 aromatic carbocycles. The molecule has 2 aliphatic carbocycles. The van der Waals surface area contributed by atoms with E-state index >= 15 is 0 Å². The Morgan fingerprint density at radius 1 is 1.09 bits per heavy atom. The molecule has 6 rings (SSSR count). The van der Waals surface area contributed by atoms with E-state index in [0.717, 1.165) is 71.2 Å².